The van der Waals surface area contributed by atoms with Crippen molar-refractivity contribution in [3.8, 4) is 0 Å². The second kappa shape index (κ2) is 9.43. The molecule has 0 saturated carbocycles. The fourth-order valence-corrected chi connectivity index (χ4v) is 4.48. The molecule has 28 heavy (non-hydrogen) atoms. The van der Waals surface area contributed by atoms with Crippen LogP contribution < -0.4 is 0 Å². The Kier molecular flexibility index (Phi) is 7.48. The first-order valence-electron chi connectivity index (χ1n) is 9.00. The van der Waals surface area contributed by atoms with Crippen molar-refractivity contribution >= 4 is 29.7 Å². The molecule has 1 heterocycles. The van der Waals surface area contributed by atoms with Crippen LogP contribution in [0.1, 0.15) is 38.8 Å². The topological polar surface area (TPSA) is 88.1 Å². The van der Waals surface area contributed by atoms with Gasteiger partial charge in [-0.05, 0) is 31.9 Å². The summed E-state index contributed by atoms with van der Waals surface area (Å²) in [5.74, 6) is -1.65. The lowest BCUT2D eigenvalue weighted by Crippen LogP contribution is -2.59. The number of aryl methyl sites for hydroxylation is 2. The number of hydrogen-bond donors (Lipinski definition) is 0. The maximum Gasteiger partial charge on any atom is 0.303 e. The molecule has 0 aliphatic carbocycles. The summed E-state index contributed by atoms with van der Waals surface area (Å²) >= 11 is 1.39. The van der Waals surface area contributed by atoms with Crippen molar-refractivity contribution in [1.82, 2.24) is 0 Å². The van der Waals surface area contributed by atoms with Crippen LogP contribution in [0.15, 0.2) is 23.1 Å². The van der Waals surface area contributed by atoms with Crippen LogP contribution >= 0.6 is 11.8 Å². The third-order valence-corrected chi connectivity index (χ3v) is 5.77. The van der Waals surface area contributed by atoms with Crippen molar-refractivity contribution < 1.29 is 33.3 Å². The zero-order chi connectivity index (χ0) is 21.0. The van der Waals surface area contributed by atoms with Gasteiger partial charge in [0.15, 0.2) is 18.3 Å². The lowest BCUT2D eigenvalue weighted by Gasteiger charge is -2.43. The third kappa shape index (κ3) is 5.48. The number of hydrogen-bond acceptors (Lipinski definition) is 8. The van der Waals surface area contributed by atoms with Gasteiger partial charge in [0, 0.05) is 25.7 Å². The lowest BCUT2D eigenvalue weighted by atomic mass is 10.00. The SMILES string of the molecule is CC(=O)O[C@@H]1[C@H](OC(C)=O)[C@H](C)O[C@H](Sc2c(C)cccc2C)[C@H]1OC(C)=O. The summed E-state index contributed by atoms with van der Waals surface area (Å²) in [7, 11) is 0. The summed E-state index contributed by atoms with van der Waals surface area (Å²) in [4.78, 5) is 36.0. The second-order valence-corrected chi connectivity index (χ2v) is 7.88. The van der Waals surface area contributed by atoms with E-state index in [0.29, 0.717) is 0 Å². The van der Waals surface area contributed by atoms with Gasteiger partial charge in [-0.3, -0.25) is 14.4 Å². The lowest BCUT2D eigenvalue weighted by molar-refractivity contribution is -0.229. The molecule has 8 heteroatoms. The number of rotatable bonds is 5. The van der Waals surface area contributed by atoms with Crippen LogP contribution in [0.2, 0.25) is 0 Å². The van der Waals surface area contributed by atoms with Crippen molar-refractivity contribution in [2.75, 3.05) is 0 Å². The summed E-state index contributed by atoms with van der Waals surface area (Å²) in [5, 5.41) is 0. The van der Waals surface area contributed by atoms with Gasteiger partial charge in [-0.25, -0.2) is 0 Å². The molecule has 154 valence electrons. The van der Waals surface area contributed by atoms with Crippen LogP contribution in [-0.4, -0.2) is 47.8 Å². The molecule has 1 aromatic rings. The molecule has 0 unspecified atom stereocenters. The first kappa shape index (κ1) is 22.2. The van der Waals surface area contributed by atoms with Crippen LogP contribution in [0.3, 0.4) is 0 Å². The zero-order valence-corrected chi connectivity index (χ0v) is 17.7. The third-order valence-electron chi connectivity index (χ3n) is 4.28. The molecule has 1 saturated heterocycles. The Balaban J connectivity index is 2.41. The van der Waals surface area contributed by atoms with Crippen molar-refractivity contribution in [2.45, 2.75) is 76.3 Å². The molecule has 0 radical (unpaired) electrons. The van der Waals surface area contributed by atoms with Gasteiger partial charge in [0.1, 0.15) is 5.44 Å². The minimum atomic E-state index is -0.976. The van der Waals surface area contributed by atoms with E-state index in [1.807, 2.05) is 32.0 Å². The van der Waals surface area contributed by atoms with Crippen LogP contribution in [0, 0.1) is 13.8 Å². The van der Waals surface area contributed by atoms with E-state index in [-0.39, 0.29) is 0 Å². The molecule has 1 fully saturated rings. The number of thioether (sulfide) groups is 1. The van der Waals surface area contributed by atoms with Crippen LogP contribution in [0.25, 0.3) is 0 Å². The van der Waals surface area contributed by atoms with Crippen molar-refractivity contribution in [1.29, 1.82) is 0 Å². The summed E-state index contributed by atoms with van der Waals surface area (Å²) in [5.41, 5.74) is 1.46. The Hall–Kier alpha value is -2.06. The predicted molar refractivity (Wildman–Crippen MR) is 103 cm³/mol. The van der Waals surface area contributed by atoms with Gasteiger partial charge in [-0.15, -0.1) is 0 Å². The number of carbonyl (C=O) groups excluding carboxylic acids is 3. The quantitative estimate of drug-likeness (QED) is 0.541. The summed E-state index contributed by atoms with van der Waals surface area (Å²) < 4.78 is 22.3. The van der Waals surface area contributed by atoms with Gasteiger partial charge < -0.3 is 18.9 Å². The average Bonchev–Trinajstić information content (AvgIpc) is 2.56. The van der Waals surface area contributed by atoms with Crippen molar-refractivity contribution in [2.24, 2.45) is 0 Å². The zero-order valence-electron chi connectivity index (χ0n) is 16.9. The van der Waals surface area contributed by atoms with Gasteiger partial charge in [0.2, 0.25) is 0 Å². The Morgan fingerprint density at radius 2 is 1.32 bits per heavy atom. The number of ether oxygens (including phenoxy) is 4. The highest BCUT2D eigenvalue weighted by Crippen LogP contribution is 2.39. The Labute approximate surface area is 169 Å². The molecule has 7 nitrogen and oxygen atoms in total. The van der Waals surface area contributed by atoms with E-state index < -0.39 is 47.8 Å². The van der Waals surface area contributed by atoms with E-state index in [1.165, 1.54) is 32.5 Å². The molecule has 2 rings (SSSR count). The van der Waals surface area contributed by atoms with Gasteiger partial charge in [-0.2, -0.15) is 0 Å². The molecular formula is C20H26O7S. The Morgan fingerprint density at radius 1 is 0.857 bits per heavy atom. The molecule has 0 bridgehead atoms. The maximum absolute atomic E-state index is 11.8. The fraction of sp³-hybridized carbons (Fsp3) is 0.550. The Morgan fingerprint density at radius 3 is 1.82 bits per heavy atom. The summed E-state index contributed by atoms with van der Waals surface area (Å²) in [6.45, 7) is 9.47. The van der Waals surface area contributed by atoms with Crippen LogP contribution in [-0.2, 0) is 33.3 Å². The minimum absolute atomic E-state index is 0.542. The molecular weight excluding hydrogens is 384 g/mol. The maximum atomic E-state index is 11.8. The number of benzene rings is 1. The van der Waals surface area contributed by atoms with Crippen LogP contribution in [0.5, 0.6) is 0 Å². The normalized spacial score (nSPS) is 27.0. The van der Waals surface area contributed by atoms with E-state index in [4.69, 9.17) is 18.9 Å². The molecule has 1 aromatic carbocycles. The summed E-state index contributed by atoms with van der Waals surface area (Å²) in [6, 6.07) is 5.92. The van der Waals surface area contributed by atoms with Crippen LogP contribution in [0.4, 0.5) is 0 Å². The van der Waals surface area contributed by atoms with E-state index in [9.17, 15) is 14.4 Å². The highest BCUT2D eigenvalue weighted by molar-refractivity contribution is 8.00. The van der Waals surface area contributed by atoms with Gasteiger partial charge >= 0.3 is 17.9 Å². The van der Waals surface area contributed by atoms with Gasteiger partial charge in [0.25, 0.3) is 0 Å². The van der Waals surface area contributed by atoms with Crippen molar-refractivity contribution in [3.05, 3.63) is 29.3 Å². The number of esters is 3. The van der Waals surface area contributed by atoms with E-state index in [1.54, 1.807) is 6.92 Å². The van der Waals surface area contributed by atoms with Gasteiger partial charge in [0.05, 0.1) is 6.10 Å². The first-order chi connectivity index (χ1) is 13.1. The van der Waals surface area contributed by atoms with E-state index in [2.05, 4.69) is 0 Å². The molecule has 0 amide bonds. The first-order valence-corrected chi connectivity index (χ1v) is 9.88. The predicted octanol–water partition coefficient (Wildman–Crippen LogP) is 2.94. The molecule has 5 atom stereocenters. The largest absolute Gasteiger partial charge is 0.456 e. The molecule has 0 spiro atoms. The van der Waals surface area contributed by atoms with Gasteiger partial charge in [-0.1, -0.05) is 30.0 Å². The molecule has 1 aliphatic heterocycles. The fourth-order valence-electron chi connectivity index (χ4n) is 3.17. The highest BCUT2D eigenvalue weighted by Gasteiger charge is 2.50. The van der Waals surface area contributed by atoms with Crippen molar-refractivity contribution in [3.63, 3.8) is 0 Å². The Bertz CT molecular complexity index is 728. The standard InChI is InChI=1S/C20H26O7S/c1-10-8-7-9-11(2)19(10)28-20-18(27-15(6)23)17(26-14(5)22)16(12(3)24-20)25-13(4)21/h7-9,12,16-18,20H,1-6H3/t12-,16+,17+,18-,20+/m0/s1. The molecule has 1 aliphatic rings. The van der Waals surface area contributed by atoms with E-state index >= 15 is 0 Å². The highest BCUT2D eigenvalue weighted by atomic mass is 32.2. The minimum Gasteiger partial charge on any atom is -0.456 e. The molecule has 0 N–H and O–H groups in total. The number of carbonyl (C=O) groups is 3. The smallest absolute Gasteiger partial charge is 0.303 e. The van der Waals surface area contributed by atoms with E-state index in [0.717, 1.165) is 16.0 Å². The monoisotopic (exact) mass is 410 g/mol. The second-order valence-electron chi connectivity index (χ2n) is 6.77. The summed E-state index contributed by atoms with van der Waals surface area (Å²) in [6.07, 6.45) is -3.37. The molecule has 0 aromatic heterocycles. The average molecular weight is 410 g/mol.